The second-order valence-electron chi connectivity index (χ2n) is 4.68. The van der Waals surface area contributed by atoms with Crippen LogP contribution >= 0.6 is 0 Å². The van der Waals surface area contributed by atoms with Crippen molar-refractivity contribution in [2.45, 2.75) is 57.8 Å². The van der Waals surface area contributed by atoms with Gasteiger partial charge < -0.3 is 15.6 Å². The summed E-state index contributed by atoms with van der Waals surface area (Å²) in [5, 5.41) is 9.56. The zero-order chi connectivity index (χ0) is 10.6. The summed E-state index contributed by atoms with van der Waals surface area (Å²) in [6, 6.07) is 0.366. The predicted molar refractivity (Wildman–Crippen MR) is 57.0 cm³/mol. The van der Waals surface area contributed by atoms with E-state index in [1.807, 2.05) is 13.8 Å². The van der Waals surface area contributed by atoms with Gasteiger partial charge in [-0.3, -0.25) is 0 Å². The Hall–Kier alpha value is -0.120. The monoisotopic (exact) mass is 201 g/mol. The smallest absolute Gasteiger partial charge is 0.0796 e. The first-order valence-corrected chi connectivity index (χ1v) is 5.65. The maximum absolute atomic E-state index is 9.56. The molecular formula is C11H23NO2. The van der Waals surface area contributed by atoms with Gasteiger partial charge in [-0.15, -0.1) is 0 Å². The van der Waals surface area contributed by atoms with Gasteiger partial charge in [0.25, 0.3) is 0 Å². The number of aliphatic hydroxyl groups excluding tert-OH is 1. The van der Waals surface area contributed by atoms with E-state index >= 15 is 0 Å². The lowest BCUT2D eigenvalue weighted by molar-refractivity contribution is -0.0390. The van der Waals surface area contributed by atoms with Crippen molar-refractivity contribution in [3.05, 3.63) is 0 Å². The fourth-order valence-electron chi connectivity index (χ4n) is 1.68. The van der Waals surface area contributed by atoms with Crippen molar-refractivity contribution in [2.24, 2.45) is 11.7 Å². The Morgan fingerprint density at radius 1 is 1.29 bits per heavy atom. The zero-order valence-corrected chi connectivity index (χ0v) is 9.28. The molecule has 0 spiro atoms. The van der Waals surface area contributed by atoms with Gasteiger partial charge in [-0.1, -0.05) is 13.8 Å². The van der Waals surface area contributed by atoms with Crippen LogP contribution in [0.1, 0.15) is 39.5 Å². The van der Waals surface area contributed by atoms with Crippen LogP contribution in [-0.2, 0) is 4.74 Å². The van der Waals surface area contributed by atoms with Crippen LogP contribution < -0.4 is 5.73 Å². The lowest BCUT2D eigenvalue weighted by atomic mass is 9.93. The first-order chi connectivity index (χ1) is 6.59. The maximum atomic E-state index is 9.56. The van der Waals surface area contributed by atoms with Crippen molar-refractivity contribution < 1.29 is 9.84 Å². The topological polar surface area (TPSA) is 55.5 Å². The molecule has 0 saturated heterocycles. The summed E-state index contributed by atoms with van der Waals surface area (Å²) in [6.45, 7) is 4.48. The fourth-order valence-corrected chi connectivity index (χ4v) is 1.68. The van der Waals surface area contributed by atoms with Crippen LogP contribution in [0.3, 0.4) is 0 Å². The minimum atomic E-state index is -0.328. The summed E-state index contributed by atoms with van der Waals surface area (Å²) in [4.78, 5) is 0. The summed E-state index contributed by atoms with van der Waals surface area (Å²) in [5.74, 6) is 0.279. The highest BCUT2D eigenvalue weighted by Gasteiger charge is 2.20. The van der Waals surface area contributed by atoms with Gasteiger partial charge in [0, 0.05) is 6.04 Å². The van der Waals surface area contributed by atoms with Gasteiger partial charge in [0.1, 0.15) is 0 Å². The van der Waals surface area contributed by atoms with Crippen molar-refractivity contribution in [3.63, 3.8) is 0 Å². The Balaban J connectivity index is 2.13. The molecule has 0 aromatic carbocycles. The molecule has 1 aliphatic carbocycles. The lowest BCUT2D eigenvalue weighted by Gasteiger charge is -2.27. The molecule has 1 atom stereocenters. The third-order valence-electron chi connectivity index (χ3n) is 2.99. The Kier molecular flexibility index (Phi) is 4.85. The van der Waals surface area contributed by atoms with E-state index in [2.05, 4.69) is 0 Å². The quantitative estimate of drug-likeness (QED) is 0.720. The molecule has 0 bridgehead atoms. The predicted octanol–water partition coefficient (Wildman–Crippen LogP) is 1.29. The van der Waals surface area contributed by atoms with Crippen LogP contribution in [0.25, 0.3) is 0 Å². The number of ether oxygens (including phenoxy) is 1. The Labute approximate surface area is 86.6 Å². The number of rotatable bonds is 4. The van der Waals surface area contributed by atoms with Crippen molar-refractivity contribution in [2.75, 3.05) is 6.61 Å². The molecule has 1 aliphatic rings. The minimum Gasteiger partial charge on any atom is -0.390 e. The molecule has 3 nitrogen and oxygen atoms in total. The second kappa shape index (κ2) is 5.69. The summed E-state index contributed by atoms with van der Waals surface area (Å²) < 4.78 is 5.65. The molecule has 0 radical (unpaired) electrons. The van der Waals surface area contributed by atoms with Crippen molar-refractivity contribution in [3.8, 4) is 0 Å². The molecule has 14 heavy (non-hydrogen) atoms. The van der Waals surface area contributed by atoms with E-state index in [0.29, 0.717) is 18.8 Å². The first kappa shape index (κ1) is 12.0. The molecule has 3 heteroatoms. The highest BCUT2D eigenvalue weighted by Crippen LogP contribution is 2.20. The van der Waals surface area contributed by atoms with Crippen LogP contribution in [0.2, 0.25) is 0 Å². The summed E-state index contributed by atoms with van der Waals surface area (Å²) in [6.07, 6.45) is 4.21. The van der Waals surface area contributed by atoms with Crippen molar-refractivity contribution in [1.82, 2.24) is 0 Å². The molecule has 1 saturated carbocycles. The van der Waals surface area contributed by atoms with Gasteiger partial charge in [0.05, 0.1) is 18.8 Å². The molecule has 3 N–H and O–H groups in total. The minimum absolute atomic E-state index is 0.279. The lowest BCUT2D eigenvalue weighted by Crippen LogP contribution is -2.32. The van der Waals surface area contributed by atoms with E-state index in [1.54, 1.807) is 0 Å². The Morgan fingerprint density at radius 2 is 1.86 bits per heavy atom. The standard InChI is InChI=1S/C11H23NO2/c1-8(2)11(13)7-14-10-5-3-9(12)4-6-10/h8-11,13H,3-7,12H2,1-2H3. The molecule has 1 rings (SSSR count). The molecule has 0 amide bonds. The second-order valence-corrected chi connectivity index (χ2v) is 4.68. The average molecular weight is 201 g/mol. The molecule has 0 aromatic rings. The van der Waals surface area contributed by atoms with Gasteiger partial charge in [0.15, 0.2) is 0 Å². The molecule has 0 aromatic heterocycles. The molecule has 84 valence electrons. The van der Waals surface area contributed by atoms with E-state index in [4.69, 9.17) is 10.5 Å². The van der Waals surface area contributed by atoms with Crippen LogP contribution in [0.5, 0.6) is 0 Å². The Morgan fingerprint density at radius 3 is 2.36 bits per heavy atom. The van der Waals surface area contributed by atoms with Crippen LogP contribution in [0.15, 0.2) is 0 Å². The average Bonchev–Trinajstić information content (AvgIpc) is 2.16. The van der Waals surface area contributed by atoms with E-state index < -0.39 is 0 Å². The third kappa shape index (κ3) is 3.95. The van der Waals surface area contributed by atoms with E-state index in [1.165, 1.54) is 0 Å². The van der Waals surface area contributed by atoms with Gasteiger partial charge in [-0.25, -0.2) is 0 Å². The molecule has 0 heterocycles. The highest BCUT2D eigenvalue weighted by atomic mass is 16.5. The summed E-state index contributed by atoms with van der Waals surface area (Å²) in [5.41, 5.74) is 5.80. The van der Waals surface area contributed by atoms with Gasteiger partial charge in [-0.2, -0.15) is 0 Å². The molecular weight excluding hydrogens is 178 g/mol. The number of hydrogen-bond donors (Lipinski definition) is 2. The molecule has 0 aliphatic heterocycles. The number of hydrogen-bond acceptors (Lipinski definition) is 3. The summed E-state index contributed by atoms with van der Waals surface area (Å²) in [7, 11) is 0. The zero-order valence-electron chi connectivity index (χ0n) is 9.28. The highest BCUT2D eigenvalue weighted by molar-refractivity contribution is 4.75. The fraction of sp³-hybridized carbons (Fsp3) is 1.00. The van der Waals surface area contributed by atoms with Gasteiger partial charge in [-0.05, 0) is 31.6 Å². The van der Waals surface area contributed by atoms with E-state index in [9.17, 15) is 5.11 Å². The van der Waals surface area contributed by atoms with Crippen LogP contribution in [0.4, 0.5) is 0 Å². The van der Waals surface area contributed by atoms with Gasteiger partial charge >= 0.3 is 0 Å². The van der Waals surface area contributed by atoms with Crippen LogP contribution in [-0.4, -0.2) is 30.0 Å². The van der Waals surface area contributed by atoms with Gasteiger partial charge in [0.2, 0.25) is 0 Å². The number of aliphatic hydroxyl groups is 1. The largest absolute Gasteiger partial charge is 0.390 e. The Bertz CT molecular complexity index is 153. The third-order valence-corrected chi connectivity index (χ3v) is 2.99. The van der Waals surface area contributed by atoms with Crippen molar-refractivity contribution in [1.29, 1.82) is 0 Å². The molecule has 1 unspecified atom stereocenters. The van der Waals surface area contributed by atoms with E-state index in [-0.39, 0.29) is 12.0 Å². The van der Waals surface area contributed by atoms with Crippen molar-refractivity contribution >= 4 is 0 Å². The SMILES string of the molecule is CC(C)C(O)COC1CCC(N)CC1. The first-order valence-electron chi connectivity index (χ1n) is 5.65. The summed E-state index contributed by atoms with van der Waals surface area (Å²) >= 11 is 0. The normalized spacial score (nSPS) is 30.6. The van der Waals surface area contributed by atoms with Crippen LogP contribution in [0, 0.1) is 5.92 Å². The number of nitrogens with two attached hydrogens (primary N) is 1. The maximum Gasteiger partial charge on any atom is 0.0796 e. The molecule has 1 fully saturated rings. The van der Waals surface area contributed by atoms with E-state index in [0.717, 1.165) is 25.7 Å².